The lowest BCUT2D eigenvalue weighted by atomic mass is 9.99. The third-order valence-corrected chi connectivity index (χ3v) is 3.86. The molecule has 3 rings (SSSR count). The van der Waals surface area contributed by atoms with Crippen LogP contribution in [0, 0.1) is 0 Å². The molecule has 1 aromatic heterocycles. The molecule has 5 nitrogen and oxygen atoms in total. The summed E-state index contributed by atoms with van der Waals surface area (Å²) in [7, 11) is 0. The zero-order valence-corrected chi connectivity index (χ0v) is 10.4. The molecule has 1 aromatic rings. The fourth-order valence-electron chi connectivity index (χ4n) is 2.71. The van der Waals surface area contributed by atoms with Crippen LogP contribution in [0.15, 0.2) is 4.52 Å². The number of ketones is 1. The standard InChI is InChI=1S/C13H18N2O3/c16-11-5-3-1-2-4-10(11)13-14-12(15-18-13)9-6-7-17-8-9/h9-10H,1-8H2. The molecule has 2 unspecified atom stereocenters. The quantitative estimate of drug-likeness (QED) is 0.753. The van der Waals surface area contributed by atoms with E-state index >= 15 is 0 Å². The Morgan fingerprint density at radius 2 is 2.11 bits per heavy atom. The number of hydrogen-bond donors (Lipinski definition) is 0. The molecule has 0 bridgehead atoms. The van der Waals surface area contributed by atoms with Crippen LogP contribution >= 0.6 is 0 Å². The van der Waals surface area contributed by atoms with Gasteiger partial charge in [0, 0.05) is 18.9 Å². The van der Waals surface area contributed by atoms with Gasteiger partial charge in [-0.2, -0.15) is 4.98 Å². The van der Waals surface area contributed by atoms with Crippen LogP contribution in [0.5, 0.6) is 0 Å². The molecule has 1 aliphatic heterocycles. The van der Waals surface area contributed by atoms with Gasteiger partial charge in [-0.3, -0.25) is 4.79 Å². The van der Waals surface area contributed by atoms with Gasteiger partial charge in [0.05, 0.1) is 12.5 Å². The minimum absolute atomic E-state index is 0.170. The highest BCUT2D eigenvalue weighted by molar-refractivity contribution is 5.84. The average molecular weight is 250 g/mol. The van der Waals surface area contributed by atoms with Crippen LogP contribution in [0.25, 0.3) is 0 Å². The molecule has 18 heavy (non-hydrogen) atoms. The maximum atomic E-state index is 12.0. The maximum Gasteiger partial charge on any atom is 0.237 e. The molecular weight excluding hydrogens is 232 g/mol. The van der Waals surface area contributed by atoms with Crippen LogP contribution in [-0.4, -0.2) is 29.1 Å². The monoisotopic (exact) mass is 250 g/mol. The van der Waals surface area contributed by atoms with Gasteiger partial charge in [-0.25, -0.2) is 0 Å². The van der Waals surface area contributed by atoms with Gasteiger partial charge in [0.2, 0.25) is 5.89 Å². The minimum atomic E-state index is -0.170. The maximum absolute atomic E-state index is 12.0. The van der Waals surface area contributed by atoms with Crippen LogP contribution in [0.4, 0.5) is 0 Å². The molecule has 2 fully saturated rings. The van der Waals surface area contributed by atoms with Crippen molar-refractivity contribution in [1.82, 2.24) is 10.1 Å². The first kappa shape index (κ1) is 11.8. The summed E-state index contributed by atoms with van der Waals surface area (Å²) in [6.07, 6.45) is 5.63. The van der Waals surface area contributed by atoms with E-state index < -0.39 is 0 Å². The van der Waals surface area contributed by atoms with E-state index in [1.165, 1.54) is 0 Å². The van der Waals surface area contributed by atoms with Crippen molar-refractivity contribution in [2.45, 2.75) is 50.4 Å². The van der Waals surface area contributed by atoms with Gasteiger partial charge in [0.1, 0.15) is 5.78 Å². The van der Waals surface area contributed by atoms with Gasteiger partial charge < -0.3 is 9.26 Å². The Balaban J connectivity index is 1.76. The predicted octanol–water partition coefficient (Wildman–Crippen LogP) is 2.19. The van der Waals surface area contributed by atoms with E-state index in [-0.39, 0.29) is 17.6 Å². The predicted molar refractivity (Wildman–Crippen MR) is 63.3 cm³/mol. The summed E-state index contributed by atoms with van der Waals surface area (Å²) in [5.41, 5.74) is 0. The van der Waals surface area contributed by atoms with Crippen LogP contribution in [0.2, 0.25) is 0 Å². The number of rotatable bonds is 2. The van der Waals surface area contributed by atoms with Gasteiger partial charge in [-0.05, 0) is 19.3 Å². The molecule has 2 aliphatic rings. The molecule has 0 radical (unpaired) electrons. The number of hydrogen-bond acceptors (Lipinski definition) is 5. The van der Waals surface area contributed by atoms with Crippen LogP contribution < -0.4 is 0 Å². The molecule has 98 valence electrons. The first-order valence-corrected chi connectivity index (χ1v) is 6.78. The van der Waals surface area contributed by atoms with Gasteiger partial charge in [0.25, 0.3) is 0 Å². The Morgan fingerprint density at radius 1 is 1.17 bits per heavy atom. The van der Waals surface area contributed by atoms with Gasteiger partial charge in [-0.15, -0.1) is 0 Å². The lowest BCUT2D eigenvalue weighted by Gasteiger charge is -2.06. The number of ether oxygens (including phenoxy) is 1. The van der Waals surface area contributed by atoms with E-state index in [2.05, 4.69) is 10.1 Å². The van der Waals surface area contributed by atoms with Gasteiger partial charge in [-0.1, -0.05) is 18.0 Å². The molecular formula is C13H18N2O3. The largest absolute Gasteiger partial charge is 0.381 e. The van der Waals surface area contributed by atoms with E-state index in [4.69, 9.17) is 9.26 Å². The molecule has 2 atom stereocenters. The second-order valence-corrected chi connectivity index (χ2v) is 5.17. The molecule has 0 amide bonds. The molecule has 5 heteroatoms. The summed E-state index contributed by atoms with van der Waals surface area (Å²) >= 11 is 0. The normalized spacial score (nSPS) is 29.4. The summed E-state index contributed by atoms with van der Waals surface area (Å²) < 4.78 is 10.6. The van der Waals surface area contributed by atoms with E-state index in [9.17, 15) is 4.79 Å². The van der Waals surface area contributed by atoms with E-state index in [0.717, 1.165) is 38.7 Å². The van der Waals surface area contributed by atoms with Crippen molar-refractivity contribution in [2.75, 3.05) is 13.2 Å². The van der Waals surface area contributed by atoms with Crippen molar-refractivity contribution in [1.29, 1.82) is 0 Å². The zero-order valence-electron chi connectivity index (χ0n) is 10.4. The first-order valence-electron chi connectivity index (χ1n) is 6.78. The summed E-state index contributed by atoms with van der Waals surface area (Å²) in [5.74, 6) is 1.55. The highest BCUT2D eigenvalue weighted by Crippen LogP contribution is 2.30. The fourth-order valence-corrected chi connectivity index (χ4v) is 2.71. The number of carbonyl (C=O) groups excluding carboxylic acids is 1. The van der Waals surface area contributed by atoms with Crippen LogP contribution in [0.3, 0.4) is 0 Å². The van der Waals surface area contributed by atoms with E-state index in [1.54, 1.807) is 0 Å². The second kappa shape index (κ2) is 5.18. The smallest absolute Gasteiger partial charge is 0.237 e. The fraction of sp³-hybridized carbons (Fsp3) is 0.769. The average Bonchev–Trinajstić information content (AvgIpc) is 3.00. The van der Waals surface area contributed by atoms with Crippen molar-refractivity contribution in [3.63, 3.8) is 0 Å². The van der Waals surface area contributed by atoms with Crippen molar-refractivity contribution in [2.24, 2.45) is 0 Å². The molecule has 0 spiro atoms. The van der Waals surface area contributed by atoms with Crippen LogP contribution in [-0.2, 0) is 9.53 Å². The minimum Gasteiger partial charge on any atom is -0.381 e. The third-order valence-electron chi connectivity index (χ3n) is 3.86. The van der Waals surface area contributed by atoms with Crippen molar-refractivity contribution in [3.8, 4) is 0 Å². The second-order valence-electron chi connectivity index (χ2n) is 5.17. The summed E-state index contributed by atoms with van der Waals surface area (Å²) in [4.78, 5) is 16.4. The molecule has 2 heterocycles. The third kappa shape index (κ3) is 2.32. The SMILES string of the molecule is O=C1CCCCCC1c1nc(C2CCOC2)no1. The number of aromatic nitrogens is 2. The Labute approximate surface area is 106 Å². The molecule has 1 aliphatic carbocycles. The van der Waals surface area contributed by atoms with E-state index in [1.807, 2.05) is 0 Å². The first-order chi connectivity index (χ1) is 8.84. The molecule has 1 saturated heterocycles. The Bertz CT molecular complexity index is 424. The number of carbonyl (C=O) groups is 1. The van der Waals surface area contributed by atoms with Crippen molar-refractivity contribution in [3.05, 3.63) is 11.7 Å². The van der Waals surface area contributed by atoms with Gasteiger partial charge in [0.15, 0.2) is 5.82 Å². The summed E-state index contributed by atoms with van der Waals surface area (Å²) in [6.45, 7) is 1.43. The van der Waals surface area contributed by atoms with Crippen molar-refractivity contribution < 1.29 is 14.1 Å². The highest BCUT2D eigenvalue weighted by atomic mass is 16.5. The van der Waals surface area contributed by atoms with Crippen molar-refractivity contribution >= 4 is 5.78 Å². The Morgan fingerprint density at radius 3 is 2.94 bits per heavy atom. The van der Waals surface area contributed by atoms with Gasteiger partial charge >= 0.3 is 0 Å². The zero-order chi connectivity index (χ0) is 12.4. The molecule has 1 saturated carbocycles. The van der Waals surface area contributed by atoms with E-state index in [0.29, 0.717) is 24.7 Å². The lowest BCUT2D eigenvalue weighted by molar-refractivity contribution is -0.120. The number of nitrogens with zero attached hydrogens (tertiary/aromatic N) is 2. The Hall–Kier alpha value is -1.23. The molecule has 0 aromatic carbocycles. The topological polar surface area (TPSA) is 65.2 Å². The Kier molecular flexibility index (Phi) is 3.41. The molecule has 0 N–H and O–H groups in total. The number of Topliss-reactive ketones (excluding diaryl/α,β-unsaturated/α-hetero) is 1. The lowest BCUT2D eigenvalue weighted by Crippen LogP contribution is -2.11. The summed E-state index contributed by atoms with van der Waals surface area (Å²) in [5, 5.41) is 4.02. The summed E-state index contributed by atoms with van der Waals surface area (Å²) in [6, 6.07) is 0. The van der Waals surface area contributed by atoms with Crippen LogP contribution in [0.1, 0.15) is 62.1 Å². The highest BCUT2D eigenvalue weighted by Gasteiger charge is 2.30.